The van der Waals surface area contributed by atoms with Crippen LogP contribution < -0.4 is 0 Å². The van der Waals surface area contributed by atoms with Gasteiger partial charge in [-0.15, -0.1) is 22.8 Å². The Kier molecular flexibility index (Phi) is 14.5. The molecule has 3 nitrogen and oxygen atoms in total. The molecule has 1 heterocycles. The van der Waals surface area contributed by atoms with Crippen LogP contribution in [0.25, 0.3) is 0 Å². The van der Waals surface area contributed by atoms with Crippen LogP contribution in [0.3, 0.4) is 0 Å². The van der Waals surface area contributed by atoms with Gasteiger partial charge in [0, 0.05) is 0 Å². The summed E-state index contributed by atoms with van der Waals surface area (Å²) in [6, 6.07) is 0. The van der Waals surface area contributed by atoms with Crippen molar-refractivity contribution >= 4 is 41.2 Å². The Morgan fingerprint density at radius 3 is 1.73 bits per heavy atom. The van der Waals surface area contributed by atoms with Crippen molar-refractivity contribution in [3.63, 3.8) is 0 Å². The normalized spacial score (nSPS) is 12.4. The second-order valence-corrected chi connectivity index (χ2v) is 9.35. The van der Waals surface area contributed by atoms with Crippen molar-refractivity contribution in [2.24, 2.45) is 0 Å². The van der Waals surface area contributed by atoms with Crippen molar-refractivity contribution in [3.05, 3.63) is 5.01 Å². The summed E-state index contributed by atoms with van der Waals surface area (Å²) >= 11 is 10.6. The fourth-order valence-corrected chi connectivity index (χ4v) is 4.61. The van der Waals surface area contributed by atoms with Gasteiger partial charge in [-0.05, 0) is 18.6 Å². The molecule has 0 aliphatic carbocycles. The summed E-state index contributed by atoms with van der Waals surface area (Å²) in [4.78, 5) is 0. The van der Waals surface area contributed by atoms with Crippen molar-refractivity contribution in [2.75, 3.05) is 0 Å². The lowest BCUT2D eigenvalue weighted by Gasteiger charge is -2.10. The minimum Gasteiger partial charge on any atom is -0.501 e. The van der Waals surface area contributed by atoms with Crippen LogP contribution in [0.5, 0.6) is 0 Å². The van der Waals surface area contributed by atoms with Gasteiger partial charge in [0.25, 0.3) is 0 Å². The summed E-state index contributed by atoms with van der Waals surface area (Å²) in [5.74, 6) is -0.152. The van der Waals surface area contributed by atoms with E-state index in [0.717, 1.165) is 17.8 Å². The van der Waals surface area contributed by atoms with E-state index in [2.05, 4.69) is 29.7 Å². The number of aliphatic hydroxyl groups is 1. The third-order valence-electron chi connectivity index (χ3n) is 4.87. The maximum atomic E-state index is 9.72. The van der Waals surface area contributed by atoms with Crippen LogP contribution in [0.15, 0.2) is 4.34 Å². The van der Waals surface area contributed by atoms with E-state index in [9.17, 15) is 5.11 Å². The molecule has 0 saturated heterocycles. The van der Waals surface area contributed by atoms with Gasteiger partial charge in [-0.3, -0.25) is 0 Å². The lowest BCUT2D eigenvalue weighted by molar-refractivity contribution is 0.500. The summed E-state index contributed by atoms with van der Waals surface area (Å²) in [6.07, 6.45) is 19.7. The van der Waals surface area contributed by atoms with E-state index in [1.807, 2.05) is 0 Å². The molecule has 0 saturated carbocycles. The molecule has 150 valence electrons. The first kappa shape index (κ1) is 23.8. The van der Waals surface area contributed by atoms with Gasteiger partial charge in [0.1, 0.15) is 5.01 Å². The average molecular weight is 417 g/mol. The summed E-state index contributed by atoms with van der Waals surface area (Å²) in [5, 5.41) is 18.5. The van der Waals surface area contributed by atoms with E-state index in [4.69, 9.17) is 12.2 Å². The topological polar surface area (TPSA) is 46.0 Å². The molecule has 0 amide bonds. The zero-order chi connectivity index (χ0) is 19.0. The summed E-state index contributed by atoms with van der Waals surface area (Å²) in [6.45, 7) is 2.27. The molecule has 0 aliphatic rings. The molecule has 1 atom stereocenters. The number of rotatable bonds is 17. The first-order valence-corrected chi connectivity index (χ1v) is 12.1. The second kappa shape index (κ2) is 15.8. The molecule has 0 radical (unpaired) electrons. The largest absolute Gasteiger partial charge is 0.501 e. The first-order valence-electron chi connectivity index (χ1n) is 10.4. The smallest absolute Gasteiger partial charge is 0.171 e. The van der Waals surface area contributed by atoms with Crippen LogP contribution in [-0.4, -0.2) is 20.4 Å². The van der Waals surface area contributed by atoms with Crippen molar-refractivity contribution < 1.29 is 5.11 Å². The number of thiol groups is 1. The fourth-order valence-electron chi connectivity index (χ4n) is 3.26. The standard InChI is InChI=1S/C20H36N2OS3/c1-2-3-4-5-6-7-8-9-10-11-12-13-14-15-16-17(19(23)24)18-21-22-20(25)26-18/h17H,2-16H2,1H3,(H,22,25)(H,23,24). The van der Waals surface area contributed by atoms with Gasteiger partial charge in [0.05, 0.1) is 5.92 Å². The number of hydrogen-bond donors (Lipinski definition) is 2. The SMILES string of the molecule is CCCCCCCCCCCCCCCCC(C(O)=S)c1nnc(S)s1. The van der Waals surface area contributed by atoms with Gasteiger partial charge in [0.2, 0.25) is 0 Å². The first-order chi connectivity index (χ1) is 12.6. The summed E-state index contributed by atoms with van der Waals surface area (Å²) in [7, 11) is 0. The zero-order valence-electron chi connectivity index (χ0n) is 16.3. The molecule has 6 heteroatoms. The van der Waals surface area contributed by atoms with Crippen molar-refractivity contribution in [1.82, 2.24) is 10.2 Å². The minimum atomic E-state index is -0.152. The van der Waals surface area contributed by atoms with E-state index in [1.165, 1.54) is 94.8 Å². The average Bonchev–Trinajstić information content (AvgIpc) is 3.04. The van der Waals surface area contributed by atoms with Crippen molar-refractivity contribution in [3.8, 4) is 0 Å². The highest BCUT2D eigenvalue weighted by Crippen LogP contribution is 2.28. The van der Waals surface area contributed by atoms with Crippen molar-refractivity contribution in [1.29, 1.82) is 0 Å². The van der Waals surface area contributed by atoms with Gasteiger partial charge in [-0.25, -0.2) is 0 Å². The van der Waals surface area contributed by atoms with Crippen LogP contribution in [0.1, 0.15) is 114 Å². The Balaban J connectivity index is 1.93. The predicted molar refractivity (Wildman–Crippen MR) is 120 cm³/mol. The quantitative estimate of drug-likeness (QED) is 0.155. The van der Waals surface area contributed by atoms with Gasteiger partial charge in [0.15, 0.2) is 9.39 Å². The third kappa shape index (κ3) is 11.5. The zero-order valence-corrected chi connectivity index (χ0v) is 18.8. The number of unbranched alkanes of at least 4 members (excludes halogenated alkanes) is 13. The predicted octanol–water partition coefficient (Wildman–Crippen LogP) is 7.67. The number of hydrogen-bond acceptors (Lipinski definition) is 5. The Morgan fingerprint density at radius 1 is 0.885 bits per heavy atom. The Morgan fingerprint density at radius 2 is 1.35 bits per heavy atom. The van der Waals surface area contributed by atoms with Crippen LogP contribution in [-0.2, 0) is 0 Å². The van der Waals surface area contributed by atoms with E-state index in [0.29, 0.717) is 4.34 Å². The summed E-state index contributed by atoms with van der Waals surface area (Å²) < 4.78 is 0.627. The van der Waals surface area contributed by atoms with Gasteiger partial charge in [-0.2, -0.15) is 0 Å². The molecule has 1 N–H and O–H groups in total. The molecule has 0 bridgehead atoms. The lowest BCUT2D eigenvalue weighted by Crippen LogP contribution is -2.09. The van der Waals surface area contributed by atoms with E-state index >= 15 is 0 Å². The monoisotopic (exact) mass is 416 g/mol. The number of thiocarbonyl (C=S) groups is 1. The van der Waals surface area contributed by atoms with Gasteiger partial charge < -0.3 is 5.11 Å². The number of nitrogens with zero attached hydrogens (tertiary/aromatic N) is 2. The highest BCUT2D eigenvalue weighted by Gasteiger charge is 2.20. The summed E-state index contributed by atoms with van der Waals surface area (Å²) in [5.41, 5.74) is 0. The third-order valence-corrected chi connectivity index (χ3v) is 6.36. The fraction of sp³-hybridized carbons (Fsp3) is 0.850. The second-order valence-electron chi connectivity index (χ2n) is 7.20. The molecule has 1 aromatic rings. The molecule has 26 heavy (non-hydrogen) atoms. The highest BCUT2D eigenvalue weighted by atomic mass is 32.2. The Hall–Kier alpha value is -0.200. The number of aromatic nitrogens is 2. The molecule has 1 rings (SSSR count). The molecule has 0 spiro atoms. The molecule has 0 aromatic carbocycles. The van der Waals surface area contributed by atoms with E-state index in [1.54, 1.807) is 0 Å². The van der Waals surface area contributed by atoms with Gasteiger partial charge >= 0.3 is 0 Å². The van der Waals surface area contributed by atoms with Crippen molar-refractivity contribution in [2.45, 2.75) is 113 Å². The molecular weight excluding hydrogens is 380 g/mol. The number of aliphatic hydroxyl groups excluding tert-OH is 1. The van der Waals surface area contributed by atoms with Crippen LogP contribution in [0.4, 0.5) is 0 Å². The Bertz CT molecular complexity index is 479. The van der Waals surface area contributed by atoms with Crippen LogP contribution in [0, 0.1) is 0 Å². The molecule has 0 fully saturated rings. The molecular formula is C20H36N2OS3. The highest BCUT2D eigenvalue weighted by molar-refractivity contribution is 7.82. The molecule has 1 unspecified atom stereocenters. The molecule has 0 aliphatic heterocycles. The van der Waals surface area contributed by atoms with Crippen LogP contribution in [0.2, 0.25) is 0 Å². The van der Waals surface area contributed by atoms with Crippen LogP contribution >= 0.6 is 36.2 Å². The lowest BCUT2D eigenvalue weighted by atomic mass is 10.0. The maximum Gasteiger partial charge on any atom is 0.171 e. The van der Waals surface area contributed by atoms with Gasteiger partial charge in [-0.1, -0.05) is 108 Å². The maximum absolute atomic E-state index is 9.72. The van der Waals surface area contributed by atoms with E-state index < -0.39 is 0 Å². The minimum absolute atomic E-state index is 0.0316. The molecule has 1 aromatic heterocycles. The van der Waals surface area contributed by atoms with E-state index in [-0.39, 0.29) is 11.0 Å². The Labute approximate surface area is 174 Å².